The molecule has 13 heavy (non-hydrogen) atoms. The Hall–Kier alpha value is -1.09. The Morgan fingerprint density at radius 2 is 2.08 bits per heavy atom. The minimum absolute atomic E-state index is 0.344. The number of nitrogens with two attached hydrogens (primary N) is 1. The zero-order valence-corrected chi connectivity index (χ0v) is 8.59. The molecular weight excluding hydrogens is 164 g/mol. The molecule has 3 heteroatoms. The van der Waals surface area contributed by atoms with E-state index in [1.807, 2.05) is 26.8 Å². The average molecular weight is 180 g/mol. The normalized spacial score (nSPS) is 11.5. The maximum atomic E-state index is 5.97. The highest BCUT2D eigenvalue weighted by Crippen LogP contribution is 2.22. The smallest absolute Gasteiger partial charge is 0.213 e. The van der Waals surface area contributed by atoms with Crippen molar-refractivity contribution < 1.29 is 4.74 Å². The summed E-state index contributed by atoms with van der Waals surface area (Å²) < 4.78 is 5.01. The van der Waals surface area contributed by atoms with E-state index in [1.54, 1.807) is 13.3 Å². The molecule has 0 bridgehead atoms. The first-order valence-corrected chi connectivity index (χ1v) is 4.25. The molecule has 0 aromatic carbocycles. The number of hydrogen-bond donors (Lipinski definition) is 1. The number of aryl methyl sites for hydroxylation is 1. The topological polar surface area (TPSA) is 48.1 Å². The van der Waals surface area contributed by atoms with Crippen LogP contribution in [0.3, 0.4) is 0 Å². The van der Waals surface area contributed by atoms with Crippen molar-refractivity contribution in [3.8, 4) is 5.88 Å². The average Bonchev–Trinajstić information content (AvgIpc) is 2.01. The summed E-state index contributed by atoms with van der Waals surface area (Å²) in [6, 6.07) is 1.89. The molecule has 0 radical (unpaired) electrons. The van der Waals surface area contributed by atoms with Crippen molar-refractivity contribution in [1.82, 2.24) is 4.98 Å². The zero-order valence-electron chi connectivity index (χ0n) is 8.59. The maximum Gasteiger partial charge on any atom is 0.213 e. The number of ether oxygens (including phenoxy) is 1. The molecule has 0 aliphatic heterocycles. The molecule has 0 aliphatic rings. The van der Waals surface area contributed by atoms with Gasteiger partial charge in [0, 0.05) is 17.8 Å². The van der Waals surface area contributed by atoms with Crippen LogP contribution in [0.4, 0.5) is 0 Å². The van der Waals surface area contributed by atoms with E-state index in [4.69, 9.17) is 10.5 Å². The number of nitrogens with zero attached hydrogens (tertiary/aromatic N) is 1. The summed E-state index contributed by atoms with van der Waals surface area (Å²) in [4.78, 5) is 4.12. The molecule has 1 aromatic rings. The van der Waals surface area contributed by atoms with E-state index in [9.17, 15) is 0 Å². The van der Waals surface area contributed by atoms with E-state index < -0.39 is 0 Å². The summed E-state index contributed by atoms with van der Waals surface area (Å²) in [5.41, 5.74) is 7.78. The van der Waals surface area contributed by atoms with Crippen LogP contribution in [0.25, 0.3) is 0 Å². The summed E-state index contributed by atoms with van der Waals surface area (Å²) in [5, 5.41) is 0. The first kappa shape index (κ1) is 9.99. The van der Waals surface area contributed by atoms with Gasteiger partial charge in [-0.05, 0) is 31.9 Å². The Kier molecular flexibility index (Phi) is 2.57. The van der Waals surface area contributed by atoms with Crippen molar-refractivity contribution in [2.75, 3.05) is 7.11 Å². The fourth-order valence-electron chi connectivity index (χ4n) is 1.32. The summed E-state index contributed by atoms with van der Waals surface area (Å²) in [6.07, 6.45) is 1.77. The van der Waals surface area contributed by atoms with Gasteiger partial charge in [0.25, 0.3) is 0 Å². The van der Waals surface area contributed by atoms with Gasteiger partial charge in [-0.2, -0.15) is 0 Å². The van der Waals surface area contributed by atoms with E-state index in [1.165, 1.54) is 0 Å². The van der Waals surface area contributed by atoms with Gasteiger partial charge in [0.15, 0.2) is 0 Å². The van der Waals surface area contributed by atoms with Crippen molar-refractivity contribution in [2.45, 2.75) is 26.3 Å². The molecule has 0 amide bonds. The van der Waals surface area contributed by atoms with Crippen LogP contribution >= 0.6 is 0 Å². The third kappa shape index (κ3) is 2.18. The predicted molar refractivity (Wildman–Crippen MR) is 52.7 cm³/mol. The number of methoxy groups -OCH3 is 1. The molecular formula is C10H16N2O. The van der Waals surface area contributed by atoms with Crippen molar-refractivity contribution in [3.63, 3.8) is 0 Å². The summed E-state index contributed by atoms with van der Waals surface area (Å²) in [6.45, 7) is 5.93. The van der Waals surface area contributed by atoms with Crippen molar-refractivity contribution in [3.05, 3.63) is 23.4 Å². The van der Waals surface area contributed by atoms with Crippen LogP contribution in [0.2, 0.25) is 0 Å². The second-order valence-electron chi connectivity index (χ2n) is 3.76. The number of hydrogen-bond acceptors (Lipinski definition) is 3. The van der Waals surface area contributed by atoms with Crippen molar-refractivity contribution >= 4 is 0 Å². The third-order valence-electron chi connectivity index (χ3n) is 1.99. The molecule has 1 rings (SSSR count). The first-order valence-electron chi connectivity index (χ1n) is 4.25. The van der Waals surface area contributed by atoms with Crippen molar-refractivity contribution in [2.24, 2.45) is 5.73 Å². The Morgan fingerprint density at radius 1 is 1.46 bits per heavy atom. The molecule has 0 saturated heterocycles. The molecule has 72 valence electrons. The van der Waals surface area contributed by atoms with Gasteiger partial charge in [-0.25, -0.2) is 4.98 Å². The zero-order chi connectivity index (χ0) is 10.1. The fourth-order valence-corrected chi connectivity index (χ4v) is 1.32. The van der Waals surface area contributed by atoms with Crippen LogP contribution in [0.1, 0.15) is 25.0 Å². The Labute approximate surface area is 78.9 Å². The Morgan fingerprint density at radius 3 is 2.46 bits per heavy atom. The van der Waals surface area contributed by atoms with Crippen LogP contribution in [-0.2, 0) is 5.54 Å². The highest BCUT2D eigenvalue weighted by molar-refractivity contribution is 5.32. The van der Waals surface area contributed by atoms with Gasteiger partial charge in [-0.3, -0.25) is 0 Å². The molecule has 0 saturated carbocycles. The molecule has 0 atom stereocenters. The predicted octanol–water partition coefficient (Wildman–Crippen LogP) is 1.59. The van der Waals surface area contributed by atoms with Crippen LogP contribution < -0.4 is 10.5 Å². The first-order chi connectivity index (χ1) is 5.95. The number of pyridine rings is 1. The Balaban J connectivity index is 3.13. The second-order valence-corrected chi connectivity index (χ2v) is 3.76. The van der Waals surface area contributed by atoms with Gasteiger partial charge in [0.2, 0.25) is 5.88 Å². The number of rotatable bonds is 2. The highest BCUT2D eigenvalue weighted by Gasteiger charge is 2.17. The molecule has 0 fully saturated rings. The lowest BCUT2D eigenvalue weighted by Crippen LogP contribution is -2.29. The summed E-state index contributed by atoms with van der Waals surface area (Å²) in [5.74, 6) is 0.630. The lowest BCUT2D eigenvalue weighted by Gasteiger charge is -2.21. The van der Waals surface area contributed by atoms with E-state index in [0.29, 0.717) is 5.88 Å². The van der Waals surface area contributed by atoms with Gasteiger partial charge in [-0.15, -0.1) is 0 Å². The molecule has 0 unspecified atom stereocenters. The lowest BCUT2D eigenvalue weighted by molar-refractivity contribution is 0.396. The minimum atomic E-state index is -0.344. The SMILES string of the molecule is COc1cc(C)c(C(C)(C)N)cn1. The van der Waals surface area contributed by atoms with E-state index >= 15 is 0 Å². The monoisotopic (exact) mass is 180 g/mol. The van der Waals surface area contributed by atoms with Gasteiger partial charge < -0.3 is 10.5 Å². The van der Waals surface area contributed by atoms with Crippen molar-refractivity contribution in [1.29, 1.82) is 0 Å². The standard InChI is InChI=1S/C10H16N2O/c1-7-5-9(13-4)12-6-8(7)10(2,3)11/h5-6H,11H2,1-4H3. The van der Waals surface area contributed by atoms with Gasteiger partial charge in [-0.1, -0.05) is 0 Å². The van der Waals surface area contributed by atoms with E-state index in [2.05, 4.69) is 4.98 Å². The quantitative estimate of drug-likeness (QED) is 0.752. The number of aromatic nitrogens is 1. The lowest BCUT2D eigenvalue weighted by atomic mass is 9.93. The molecule has 1 heterocycles. The van der Waals surface area contributed by atoms with Crippen LogP contribution in [0.5, 0.6) is 5.88 Å². The van der Waals surface area contributed by atoms with Crippen LogP contribution in [0.15, 0.2) is 12.3 Å². The molecule has 1 aromatic heterocycles. The highest BCUT2D eigenvalue weighted by atomic mass is 16.5. The Bertz CT molecular complexity index is 302. The summed E-state index contributed by atoms with van der Waals surface area (Å²) >= 11 is 0. The third-order valence-corrected chi connectivity index (χ3v) is 1.99. The van der Waals surface area contributed by atoms with E-state index in [0.717, 1.165) is 11.1 Å². The van der Waals surface area contributed by atoms with Crippen LogP contribution in [-0.4, -0.2) is 12.1 Å². The molecule has 0 aliphatic carbocycles. The minimum Gasteiger partial charge on any atom is -0.481 e. The molecule has 2 N–H and O–H groups in total. The fraction of sp³-hybridized carbons (Fsp3) is 0.500. The molecule has 0 spiro atoms. The molecule has 3 nitrogen and oxygen atoms in total. The largest absolute Gasteiger partial charge is 0.481 e. The van der Waals surface area contributed by atoms with Gasteiger partial charge in [0.05, 0.1) is 7.11 Å². The van der Waals surface area contributed by atoms with Gasteiger partial charge in [0.1, 0.15) is 0 Å². The maximum absolute atomic E-state index is 5.97. The van der Waals surface area contributed by atoms with Gasteiger partial charge >= 0.3 is 0 Å². The van der Waals surface area contributed by atoms with E-state index in [-0.39, 0.29) is 5.54 Å². The van der Waals surface area contributed by atoms with Crippen LogP contribution in [0, 0.1) is 6.92 Å². The second kappa shape index (κ2) is 3.34. The summed E-state index contributed by atoms with van der Waals surface area (Å²) in [7, 11) is 1.61.